The Labute approximate surface area is 196 Å². The van der Waals surface area contributed by atoms with Gasteiger partial charge in [0.25, 0.3) is 5.91 Å². The Morgan fingerprint density at radius 1 is 0.906 bits per heavy atom. The lowest BCUT2D eigenvalue weighted by molar-refractivity contribution is -0.114. The van der Waals surface area contributed by atoms with Crippen LogP contribution in [0.2, 0.25) is 5.02 Å². The van der Waals surface area contributed by atoms with Crippen LogP contribution in [-0.2, 0) is 4.79 Å². The van der Waals surface area contributed by atoms with Crippen LogP contribution in [0.25, 0.3) is 6.08 Å². The zero-order valence-electron chi connectivity index (χ0n) is 17.9. The van der Waals surface area contributed by atoms with E-state index in [-0.39, 0.29) is 11.3 Å². The second-order valence-electron chi connectivity index (χ2n) is 7.00. The molecule has 1 unspecified atom stereocenters. The summed E-state index contributed by atoms with van der Waals surface area (Å²) in [5.74, 6) is 1.49. The Kier molecular flexibility index (Phi) is 6.63. The lowest BCUT2D eigenvalue weighted by Gasteiger charge is -2.25. The molecule has 7 heteroatoms. The molecule has 0 radical (unpaired) electrons. The number of halogens is 1. The van der Waals surface area contributed by atoms with Crippen LogP contribution in [0, 0.1) is 0 Å². The molecule has 1 aliphatic heterocycles. The minimum atomic E-state index is -0.327. The number of hydrogen-bond donors (Lipinski definition) is 0. The Balaban J connectivity index is 1.83. The zero-order valence-corrected chi connectivity index (χ0v) is 19.4. The molecule has 0 N–H and O–H groups in total. The van der Waals surface area contributed by atoms with E-state index in [4.69, 9.17) is 25.8 Å². The van der Waals surface area contributed by atoms with Gasteiger partial charge >= 0.3 is 0 Å². The highest BCUT2D eigenvalue weighted by Crippen LogP contribution is 2.51. The maximum Gasteiger partial charge on any atom is 0.266 e. The molecule has 1 amide bonds. The van der Waals surface area contributed by atoms with Crippen LogP contribution in [0.3, 0.4) is 0 Å². The van der Waals surface area contributed by atoms with Crippen molar-refractivity contribution >= 4 is 41.0 Å². The first-order chi connectivity index (χ1) is 15.5. The fourth-order valence-electron chi connectivity index (χ4n) is 3.56. The van der Waals surface area contributed by atoms with Crippen molar-refractivity contribution in [3.8, 4) is 17.2 Å². The van der Waals surface area contributed by atoms with Crippen molar-refractivity contribution in [1.82, 2.24) is 0 Å². The van der Waals surface area contributed by atoms with Gasteiger partial charge in [-0.15, -0.1) is 0 Å². The van der Waals surface area contributed by atoms with Crippen LogP contribution in [0.4, 0.5) is 5.69 Å². The van der Waals surface area contributed by atoms with Gasteiger partial charge in [0.1, 0.15) is 5.37 Å². The number of carbonyl (C=O) groups is 1. The molecule has 3 aromatic rings. The molecule has 1 atom stereocenters. The van der Waals surface area contributed by atoms with Gasteiger partial charge in [-0.1, -0.05) is 53.7 Å². The van der Waals surface area contributed by atoms with Crippen LogP contribution >= 0.6 is 23.4 Å². The predicted molar refractivity (Wildman–Crippen MR) is 130 cm³/mol. The van der Waals surface area contributed by atoms with Gasteiger partial charge in [0, 0.05) is 10.7 Å². The summed E-state index contributed by atoms with van der Waals surface area (Å²) < 4.78 is 16.5. The first-order valence-corrected chi connectivity index (χ1v) is 11.1. The fraction of sp³-hybridized carbons (Fsp3) is 0.160. The third-order valence-corrected chi connectivity index (χ3v) is 6.58. The highest BCUT2D eigenvalue weighted by atomic mass is 35.5. The summed E-state index contributed by atoms with van der Waals surface area (Å²) in [6.07, 6.45) is 1.91. The Morgan fingerprint density at radius 2 is 1.53 bits per heavy atom. The SMILES string of the molecule is COc1cc(C2S/C(=C/c3ccccc3)C(=O)N2c2ccc(Cl)cc2)cc(OC)c1OC. The molecular formula is C25H22ClNO4S. The number of hydrogen-bond acceptors (Lipinski definition) is 5. The van der Waals surface area contributed by atoms with Gasteiger partial charge in [0.2, 0.25) is 5.75 Å². The van der Waals surface area contributed by atoms with Crippen molar-refractivity contribution < 1.29 is 19.0 Å². The van der Waals surface area contributed by atoms with Crippen molar-refractivity contribution in [2.75, 3.05) is 26.2 Å². The number of thioether (sulfide) groups is 1. The van der Waals surface area contributed by atoms with E-state index >= 15 is 0 Å². The smallest absolute Gasteiger partial charge is 0.266 e. The minimum absolute atomic E-state index is 0.0834. The molecule has 0 spiro atoms. The first-order valence-electron chi connectivity index (χ1n) is 9.88. The van der Waals surface area contributed by atoms with E-state index in [9.17, 15) is 4.79 Å². The van der Waals surface area contributed by atoms with Gasteiger partial charge in [-0.2, -0.15) is 0 Å². The molecule has 0 aliphatic carbocycles. The van der Waals surface area contributed by atoms with E-state index in [2.05, 4.69) is 0 Å². The highest BCUT2D eigenvalue weighted by Gasteiger charge is 2.39. The Hall–Kier alpha value is -3.09. The lowest BCUT2D eigenvalue weighted by atomic mass is 10.1. The van der Waals surface area contributed by atoms with E-state index in [1.54, 1.807) is 38.4 Å². The summed E-state index contributed by atoms with van der Waals surface area (Å²) in [6, 6.07) is 20.8. The van der Waals surface area contributed by atoms with Crippen molar-refractivity contribution in [1.29, 1.82) is 0 Å². The summed E-state index contributed by atoms with van der Waals surface area (Å²) in [5, 5.41) is 0.282. The number of amides is 1. The first kappa shape index (κ1) is 22.1. The summed E-state index contributed by atoms with van der Waals surface area (Å²) in [6.45, 7) is 0. The van der Waals surface area contributed by atoms with Gasteiger partial charge in [0.05, 0.1) is 26.2 Å². The molecular weight excluding hydrogens is 446 g/mol. The number of methoxy groups -OCH3 is 3. The predicted octanol–water partition coefficient (Wildman–Crippen LogP) is 6.19. The van der Waals surface area contributed by atoms with Gasteiger partial charge in [0.15, 0.2) is 11.5 Å². The van der Waals surface area contributed by atoms with E-state index in [1.165, 1.54) is 11.8 Å². The number of nitrogens with zero attached hydrogens (tertiary/aromatic N) is 1. The molecule has 1 saturated heterocycles. The molecule has 5 nitrogen and oxygen atoms in total. The number of rotatable bonds is 6. The Morgan fingerprint density at radius 3 is 2.09 bits per heavy atom. The molecule has 0 aromatic heterocycles. The molecule has 4 rings (SSSR count). The average molecular weight is 468 g/mol. The molecule has 1 aliphatic rings. The largest absolute Gasteiger partial charge is 0.493 e. The van der Waals surface area contributed by atoms with Crippen LogP contribution in [0.1, 0.15) is 16.5 Å². The van der Waals surface area contributed by atoms with Gasteiger partial charge in [-0.25, -0.2) is 0 Å². The maximum atomic E-state index is 13.5. The average Bonchev–Trinajstić information content (AvgIpc) is 3.15. The second-order valence-corrected chi connectivity index (χ2v) is 8.56. The number of carbonyl (C=O) groups excluding carboxylic acids is 1. The van der Waals surface area contributed by atoms with Crippen molar-refractivity contribution in [2.24, 2.45) is 0 Å². The zero-order chi connectivity index (χ0) is 22.7. The summed E-state index contributed by atoms with van der Waals surface area (Å²) in [5.41, 5.74) is 2.57. The molecule has 3 aromatic carbocycles. The van der Waals surface area contributed by atoms with Crippen molar-refractivity contribution in [3.05, 3.63) is 87.8 Å². The summed E-state index contributed by atoms with van der Waals surface area (Å²) >= 11 is 7.57. The van der Waals surface area contributed by atoms with Crippen LogP contribution in [0.5, 0.6) is 17.2 Å². The third kappa shape index (κ3) is 4.29. The van der Waals surface area contributed by atoms with E-state index < -0.39 is 0 Å². The van der Waals surface area contributed by atoms with E-state index in [1.807, 2.05) is 60.7 Å². The van der Waals surface area contributed by atoms with Crippen LogP contribution in [0.15, 0.2) is 71.6 Å². The summed E-state index contributed by atoms with van der Waals surface area (Å²) in [4.78, 5) is 15.9. The van der Waals surface area contributed by atoms with E-state index in [0.29, 0.717) is 27.2 Å². The molecule has 1 heterocycles. The highest BCUT2D eigenvalue weighted by molar-refractivity contribution is 8.05. The molecule has 164 valence electrons. The molecule has 0 bridgehead atoms. The Bertz CT molecular complexity index is 1120. The second kappa shape index (κ2) is 9.59. The number of anilines is 1. The standard InChI is InChI=1S/C25H22ClNO4S/c1-29-20-14-17(15-21(30-2)23(20)31-3)25-27(19-11-9-18(26)10-12-19)24(28)22(32-25)13-16-7-5-4-6-8-16/h4-15,25H,1-3H3/b22-13+. The maximum absolute atomic E-state index is 13.5. The number of ether oxygens (including phenoxy) is 3. The fourth-order valence-corrected chi connectivity index (χ4v) is 4.93. The van der Waals surface area contributed by atoms with Crippen LogP contribution < -0.4 is 19.1 Å². The molecule has 0 saturated carbocycles. The monoisotopic (exact) mass is 467 g/mol. The van der Waals surface area contributed by atoms with Gasteiger partial charge in [-0.3, -0.25) is 9.69 Å². The van der Waals surface area contributed by atoms with E-state index in [0.717, 1.165) is 16.8 Å². The van der Waals surface area contributed by atoms with Crippen molar-refractivity contribution in [3.63, 3.8) is 0 Å². The topological polar surface area (TPSA) is 48.0 Å². The normalized spacial score (nSPS) is 17.0. The van der Waals surface area contributed by atoms with Crippen molar-refractivity contribution in [2.45, 2.75) is 5.37 Å². The van der Waals surface area contributed by atoms with Crippen LogP contribution in [-0.4, -0.2) is 27.2 Å². The lowest BCUT2D eigenvalue weighted by Crippen LogP contribution is -2.27. The van der Waals surface area contributed by atoms with Gasteiger partial charge in [-0.05, 0) is 53.6 Å². The quantitative estimate of drug-likeness (QED) is 0.405. The molecule has 1 fully saturated rings. The minimum Gasteiger partial charge on any atom is -0.493 e. The molecule has 32 heavy (non-hydrogen) atoms. The third-order valence-electron chi connectivity index (χ3n) is 5.08. The van der Waals surface area contributed by atoms with Gasteiger partial charge < -0.3 is 14.2 Å². The summed E-state index contributed by atoms with van der Waals surface area (Å²) in [7, 11) is 4.71. The number of benzene rings is 3.